The first-order valence-electron chi connectivity index (χ1n) is 51.0. The molecule has 0 aliphatic carbocycles. The molecule has 0 unspecified atom stereocenters. The van der Waals surface area contributed by atoms with E-state index in [4.69, 9.17) is 4.42 Å². The Morgan fingerprint density at radius 2 is 0.464 bits per heavy atom. The number of hydrogen-bond acceptors (Lipinski definition) is 2. The topological polar surface area (TPSA) is 13.1 Å². The van der Waals surface area contributed by atoms with E-state index in [1.807, 2.05) is 268 Å². The number of rotatable bonds is 4. The van der Waals surface area contributed by atoms with Gasteiger partial charge in [-0.05, 0) is 167 Å². The van der Waals surface area contributed by atoms with Gasteiger partial charge in [-0.15, -0.1) is 86.2 Å². The van der Waals surface area contributed by atoms with Gasteiger partial charge in [0.15, 0.2) is 0 Å². The molecule has 0 amide bonds. The van der Waals surface area contributed by atoms with Crippen LogP contribution in [0, 0.1) is 159 Å². The third-order valence-corrected chi connectivity index (χ3v) is 19.9. The molecule has 18 aromatic rings. The first kappa shape index (κ1) is 148. The summed E-state index contributed by atoms with van der Waals surface area (Å²) in [6.45, 7) is 89.5. The third kappa shape index (κ3) is 52.5. The van der Waals surface area contributed by atoms with E-state index in [0.717, 1.165) is 67.2 Å². The molecule has 0 spiro atoms. The summed E-state index contributed by atoms with van der Waals surface area (Å²) in [5, 5.41) is 16.5. The van der Waals surface area contributed by atoms with Crippen molar-refractivity contribution >= 4 is 76.0 Å². The van der Waals surface area contributed by atoms with Crippen LogP contribution in [-0.2, 0) is 131 Å². The van der Waals surface area contributed by atoms with Crippen molar-refractivity contribution in [3.05, 3.63) is 416 Å². The minimum absolute atomic E-state index is 0. The van der Waals surface area contributed by atoms with Gasteiger partial charge in [0, 0.05) is 141 Å². The SMILES string of the molecule is CC.CC.CC.CC.CC.CC.CC.CC.CC.CC.CC.CC.CC.CC.Cc1[c-]c(-c2[c-]c(C)ccc2)ccc1.Cc1c[c-]c(-c2[c-]cc(C)cc2)cc1.Cc1c[c-]c(-c2[c-]ccc(C)c2)cc1.Cc1cc2c3ccccc3c(C)cc2c2ccccc12.Cc1cc[c-]c(-c2[c-]ccc(C)c2)c1.Cc1ccc(C)o1.Cc1ccc(C)s1.Cc1ccc2ccc3c(C)ccc4ccc1c2c43.[Y].[Y].[Y].[Y]. The third-order valence-electron chi connectivity index (χ3n) is 19.0. The second kappa shape index (κ2) is 91.7. The molecule has 6 heteroatoms. The van der Waals surface area contributed by atoms with Gasteiger partial charge in [-0.2, -0.15) is 164 Å². The van der Waals surface area contributed by atoms with E-state index in [1.54, 1.807) is 0 Å². The van der Waals surface area contributed by atoms with Crippen molar-refractivity contribution in [2.45, 2.75) is 305 Å². The van der Waals surface area contributed by atoms with Gasteiger partial charge in [0.25, 0.3) is 0 Å². The molecule has 140 heavy (non-hydrogen) atoms. The Morgan fingerprint density at radius 3 is 0.707 bits per heavy atom. The van der Waals surface area contributed by atoms with Crippen LogP contribution >= 0.6 is 11.3 Å². The van der Waals surface area contributed by atoms with E-state index in [2.05, 4.69) is 376 Å². The van der Waals surface area contributed by atoms with E-state index in [1.165, 1.54) is 130 Å². The Labute approximate surface area is 964 Å². The minimum atomic E-state index is 0. The molecular weight excluding hydrogens is 2010 g/mol. The molecule has 2 heterocycles. The number of aryl methyl sites for hydroxylation is 16. The molecule has 746 valence electrons. The summed E-state index contributed by atoms with van der Waals surface area (Å²) >= 11 is 1.84. The summed E-state index contributed by atoms with van der Waals surface area (Å²) in [4.78, 5) is 2.80. The summed E-state index contributed by atoms with van der Waals surface area (Å²) in [5.41, 5.74) is 24.1. The van der Waals surface area contributed by atoms with Crippen molar-refractivity contribution in [2.75, 3.05) is 0 Å². The summed E-state index contributed by atoms with van der Waals surface area (Å²) in [5.74, 6) is 1.97. The van der Waals surface area contributed by atoms with Gasteiger partial charge in [-0.3, -0.25) is 0 Å². The van der Waals surface area contributed by atoms with Gasteiger partial charge in [0.2, 0.25) is 0 Å². The van der Waals surface area contributed by atoms with Crippen LogP contribution in [0.2, 0.25) is 0 Å². The Hall–Kier alpha value is -7.26. The largest absolute Gasteiger partial charge is 0.467 e. The number of thiophene rings is 1. The van der Waals surface area contributed by atoms with Crippen LogP contribution in [0.5, 0.6) is 0 Å². The number of benzene rings is 16. The first-order chi connectivity index (χ1) is 66.1. The van der Waals surface area contributed by atoms with Crippen LogP contribution in [0.1, 0.15) is 282 Å². The van der Waals surface area contributed by atoms with E-state index >= 15 is 0 Å². The second-order valence-corrected chi connectivity index (χ2v) is 29.7. The zero-order valence-corrected chi connectivity index (χ0v) is 108. The van der Waals surface area contributed by atoms with Gasteiger partial charge in [-0.25, -0.2) is 44.5 Å². The molecule has 0 fully saturated rings. The molecule has 0 atom stereocenters. The second-order valence-electron chi connectivity index (χ2n) is 28.2. The summed E-state index contributed by atoms with van der Waals surface area (Å²) in [6.07, 6.45) is 0. The fourth-order valence-corrected chi connectivity index (χ4v) is 14.0. The van der Waals surface area contributed by atoms with Crippen molar-refractivity contribution in [1.29, 1.82) is 0 Å². The predicted octanol–water partition coefficient (Wildman–Crippen LogP) is 43.9. The average Bonchev–Trinajstić information content (AvgIpc) is 0.861. The molecule has 1 nitrogen and oxygen atoms in total. The Balaban J connectivity index is -0.000000230. The van der Waals surface area contributed by atoms with Crippen molar-refractivity contribution < 1.29 is 135 Å². The minimum Gasteiger partial charge on any atom is -0.467 e. The van der Waals surface area contributed by atoms with Crippen molar-refractivity contribution in [3.8, 4) is 44.5 Å². The predicted molar refractivity (Wildman–Crippen MR) is 625 cm³/mol. The van der Waals surface area contributed by atoms with E-state index < -0.39 is 0 Å². The smallest absolute Gasteiger partial charge is 0.101 e. The zero-order valence-electron chi connectivity index (χ0n) is 95.7. The normalized spacial score (nSPS) is 8.77. The summed E-state index contributed by atoms with van der Waals surface area (Å²) < 4.78 is 5.08. The summed E-state index contributed by atoms with van der Waals surface area (Å²) in [7, 11) is 0. The molecule has 2 aromatic heterocycles. The van der Waals surface area contributed by atoms with Crippen LogP contribution in [0.4, 0.5) is 0 Å². The fourth-order valence-electron chi connectivity index (χ4n) is 13.2. The zero-order chi connectivity index (χ0) is 104. The van der Waals surface area contributed by atoms with Crippen LogP contribution in [0.15, 0.2) is 283 Å². The quantitative estimate of drug-likeness (QED) is 0.126. The van der Waals surface area contributed by atoms with Crippen molar-refractivity contribution in [1.82, 2.24) is 0 Å². The van der Waals surface area contributed by atoms with E-state index in [-0.39, 0.29) is 131 Å². The molecular formula is C134H178OSY4-8. The number of fused-ring (bicyclic) bond motifs is 5. The molecule has 0 bridgehead atoms. The van der Waals surface area contributed by atoms with Crippen molar-refractivity contribution in [2.24, 2.45) is 0 Å². The maximum atomic E-state index is 5.08. The molecule has 0 saturated heterocycles. The van der Waals surface area contributed by atoms with E-state index in [0.29, 0.717) is 0 Å². The summed E-state index contributed by atoms with van der Waals surface area (Å²) in [6, 6.07) is 124. The van der Waals surface area contributed by atoms with Crippen LogP contribution in [-0.4, -0.2) is 0 Å². The van der Waals surface area contributed by atoms with Gasteiger partial charge < -0.3 is 4.42 Å². The molecule has 4 radical (unpaired) electrons. The number of furan rings is 1. The van der Waals surface area contributed by atoms with Gasteiger partial charge in [0.05, 0.1) is 0 Å². The molecule has 16 aromatic carbocycles. The van der Waals surface area contributed by atoms with Gasteiger partial charge in [0.1, 0.15) is 11.5 Å². The Morgan fingerprint density at radius 1 is 0.193 bits per heavy atom. The fraction of sp³-hybridized carbons (Fsp3) is 0.328. The van der Waals surface area contributed by atoms with Gasteiger partial charge in [-0.1, -0.05) is 358 Å². The molecule has 0 saturated carbocycles. The first-order valence-corrected chi connectivity index (χ1v) is 51.8. The van der Waals surface area contributed by atoms with Crippen LogP contribution in [0.25, 0.3) is 109 Å². The maximum Gasteiger partial charge on any atom is 0.101 e. The monoisotopic (exact) mass is 2190 g/mol. The van der Waals surface area contributed by atoms with Crippen LogP contribution < -0.4 is 0 Å². The van der Waals surface area contributed by atoms with Crippen molar-refractivity contribution in [3.63, 3.8) is 0 Å². The molecule has 0 aliphatic rings. The standard InChI is InChI=1S/C20H16.C18H14.4C14H12.C6H8O.C6H8S.14C2H6.4Y/c1-13-11-19-18-10-6-4-8-16(18)14(2)12-20(19)17-9-5-3-7-15(13)17;1-11-3-5-13-8-10-16-12(2)4-6-14-7-9-15(11)17(13)18(14)16;1-11-3-7-13(8-4-11)14-9-5-12(2)6-10-14;2*1-11-5-3-7-13(9-11)14-8-4-6-12(2)10-14;1-11-6-8-13(9-7-11)14-5-3-4-12(2)10-14;2*1-5-3-4-6(2)7-5;14*1-2;;;;/h3-12H,1-2H3;3-10H,1-2H3;3-7,9H,1-2H3;3-6,9-10H,1-2H3;3-8H,1-2H3;3-4,6-8,10H,1-2H3;2*3-4H,1-2H3;14*1-2H3;;;;/q;;4*-2;;;;;;;;;;;;;;;;;;;;. The Kier molecular flexibility index (Phi) is 96.9. The maximum absolute atomic E-state index is 5.08. The molecule has 0 N–H and O–H groups in total. The molecule has 0 aliphatic heterocycles. The van der Waals surface area contributed by atoms with E-state index in [9.17, 15) is 0 Å². The van der Waals surface area contributed by atoms with Crippen LogP contribution in [0.3, 0.4) is 0 Å². The number of hydrogen-bond donors (Lipinski definition) is 0. The van der Waals surface area contributed by atoms with Gasteiger partial charge >= 0.3 is 0 Å². The average molecular weight is 2190 g/mol. The molecule has 18 rings (SSSR count). The Bertz CT molecular complexity index is 5560.